The highest BCUT2D eigenvalue weighted by molar-refractivity contribution is 7.98. The predicted octanol–water partition coefficient (Wildman–Crippen LogP) is 3.39. The van der Waals surface area contributed by atoms with E-state index in [1.165, 1.54) is 12.1 Å². The van der Waals surface area contributed by atoms with Gasteiger partial charge in [0.05, 0.1) is 17.1 Å². The molecule has 0 heterocycles. The minimum Gasteiger partial charge on any atom is -0.348 e. The van der Waals surface area contributed by atoms with Crippen LogP contribution in [0.15, 0.2) is 12.1 Å². The molecule has 3 N–H and O–H groups in total. The van der Waals surface area contributed by atoms with Gasteiger partial charge in [-0.25, -0.2) is 4.39 Å². The van der Waals surface area contributed by atoms with Crippen LogP contribution < -0.4 is 11.1 Å². The van der Waals surface area contributed by atoms with Crippen molar-refractivity contribution in [3.05, 3.63) is 33.6 Å². The molecule has 0 aliphatic carbocycles. The Bertz CT molecular complexity index is 488. The summed E-state index contributed by atoms with van der Waals surface area (Å²) < 4.78 is 13.5. The van der Waals surface area contributed by atoms with Gasteiger partial charge in [-0.15, -0.1) is 0 Å². The van der Waals surface area contributed by atoms with Crippen molar-refractivity contribution in [2.45, 2.75) is 25.4 Å². The topological polar surface area (TPSA) is 55.1 Å². The van der Waals surface area contributed by atoms with Crippen molar-refractivity contribution in [3.8, 4) is 0 Å². The average Bonchev–Trinajstić information content (AvgIpc) is 2.40. The summed E-state index contributed by atoms with van der Waals surface area (Å²) >= 11 is 13.5. The number of amides is 1. The van der Waals surface area contributed by atoms with Crippen molar-refractivity contribution in [3.63, 3.8) is 0 Å². The van der Waals surface area contributed by atoms with Crippen LogP contribution in [0, 0.1) is 5.82 Å². The molecule has 7 heteroatoms. The molecule has 0 aliphatic rings. The fourth-order valence-corrected chi connectivity index (χ4v) is 2.90. The zero-order valence-corrected chi connectivity index (χ0v) is 13.6. The Kier molecular flexibility index (Phi) is 7.09. The molecule has 0 spiro atoms. The van der Waals surface area contributed by atoms with Gasteiger partial charge in [0, 0.05) is 10.6 Å². The Labute approximate surface area is 132 Å². The second-order valence-corrected chi connectivity index (χ2v) is 6.15. The fourth-order valence-electron chi connectivity index (χ4n) is 1.71. The zero-order chi connectivity index (χ0) is 15.3. The zero-order valence-electron chi connectivity index (χ0n) is 11.3. The third kappa shape index (κ3) is 4.52. The first-order chi connectivity index (χ1) is 9.38. The maximum atomic E-state index is 13.5. The Morgan fingerprint density at radius 1 is 1.50 bits per heavy atom. The third-order valence-electron chi connectivity index (χ3n) is 2.84. The van der Waals surface area contributed by atoms with Gasteiger partial charge in [0.15, 0.2) is 0 Å². The van der Waals surface area contributed by atoms with Crippen molar-refractivity contribution in [1.29, 1.82) is 0 Å². The number of nitrogens with two attached hydrogens (primary N) is 1. The van der Waals surface area contributed by atoms with E-state index in [-0.39, 0.29) is 10.9 Å². The lowest BCUT2D eigenvalue weighted by Gasteiger charge is -2.20. The summed E-state index contributed by atoms with van der Waals surface area (Å²) in [7, 11) is 0. The first-order valence-electron chi connectivity index (χ1n) is 6.06. The highest BCUT2D eigenvalue weighted by Crippen LogP contribution is 2.32. The molecule has 0 saturated carbocycles. The summed E-state index contributed by atoms with van der Waals surface area (Å²) in [6, 6.07) is 1.48. The third-order valence-corrected chi connectivity index (χ3v) is 4.20. The van der Waals surface area contributed by atoms with E-state index in [1.54, 1.807) is 18.7 Å². The molecule has 1 amide bonds. The number of halogens is 3. The van der Waals surface area contributed by atoms with Gasteiger partial charge >= 0.3 is 0 Å². The first-order valence-corrected chi connectivity index (χ1v) is 8.21. The van der Waals surface area contributed by atoms with Gasteiger partial charge in [-0.05, 0) is 37.5 Å². The van der Waals surface area contributed by atoms with Crippen LogP contribution in [0.3, 0.4) is 0 Å². The van der Waals surface area contributed by atoms with Crippen LogP contribution in [0.2, 0.25) is 10.0 Å². The smallest absolute Gasteiger partial charge is 0.237 e. The quantitative estimate of drug-likeness (QED) is 0.781. The van der Waals surface area contributed by atoms with Crippen LogP contribution in [0.4, 0.5) is 4.39 Å². The van der Waals surface area contributed by atoms with Gasteiger partial charge in [0.25, 0.3) is 0 Å². The van der Waals surface area contributed by atoms with Crippen molar-refractivity contribution in [2.75, 3.05) is 12.0 Å². The fraction of sp³-hybridized carbons (Fsp3) is 0.462. The Morgan fingerprint density at radius 2 is 2.15 bits per heavy atom. The van der Waals surface area contributed by atoms with Crippen molar-refractivity contribution in [1.82, 2.24) is 5.32 Å². The van der Waals surface area contributed by atoms with E-state index in [2.05, 4.69) is 5.32 Å². The summed E-state index contributed by atoms with van der Waals surface area (Å²) in [5.74, 6) is -0.0773. The lowest BCUT2D eigenvalue weighted by molar-refractivity contribution is -0.123. The van der Waals surface area contributed by atoms with Crippen LogP contribution in [0.25, 0.3) is 0 Å². The minimum absolute atomic E-state index is 0.0806. The van der Waals surface area contributed by atoms with Crippen LogP contribution in [-0.4, -0.2) is 24.0 Å². The summed E-state index contributed by atoms with van der Waals surface area (Å²) in [5, 5.41) is 2.93. The number of nitrogens with one attached hydrogen (secondary N) is 1. The standard InChI is InChI=1S/C13H17Cl2FN2OS/c1-7(18-13(19)10(17)5-6-20-2)11-8(14)3-4-9(16)12(11)15/h3-4,7,10H,5-6,17H2,1-2H3,(H,18,19)/t7?,10-/m0/s1. The summed E-state index contributed by atoms with van der Waals surface area (Å²) in [6.45, 7) is 1.69. The second-order valence-electron chi connectivity index (χ2n) is 4.38. The molecule has 1 aromatic carbocycles. The van der Waals surface area contributed by atoms with E-state index in [0.717, 1.165) is 5.75 Å². The Balaban J connectivity index is 2.79. The second kappa shape index (κ2) is 8.08. The highest BCUT2D eigenvalue weighted by atomic mass is 35.5. The molecule has 0 saturated heterocycles. The monoisotopic (exact) mass is 338 g/mol. The number of carbonyl (C=O) groups excluding carboxylic acids is 1. The van der Waals surface area contributed by atoms with Crippen molar-refractivity contribution < 1.29 is 9.18 Å². The minimum atomic E-state index is -0.601. The molecule has 1 aromatic rings. The predicted molar refractivity (Wildman–Crippen MR) is 84.0 cm³/mol. The lowest BCUT2D eigenvalue weighted by Crippen LogP contribution is -2.42. The van der Waals surface area contributed by atoms with E-state index in [9.17, 15) is 9.18 Å². The number of hydrogen-bond acceptors (Lipinski definition) is 3. The molecule has 1 unspecified atom stereocenters. The maximum absolute atomic E-state index is 13.5. The normalized spacial score (nSPS) is 13.9. The molecular formula is C13H17Cl2FN2OS. The van der Waals surface area contributed by atoms with E-state index >= 15 is 0 Å². The van der Waals surface area contributed by atoms with Gasteiger partial charge in [-0.1, -0.05) is 23.2 Å². The summed E-state index contributed by atoms with van der Waals surface area (Å²) in [5.41, 5.74) is 6.13. The maximum Gasteiger partial charge on any atom is 0.237 e. The summed E-state index contributed by atoms with van der Waals surface area (Å²) in [4.78, 5) is 11.9. The van der Waals surface area contributed by atoms with E-state index in [0.29, 0.717) is 17.0 Å². The molecule has 0 bridgehead atoms. The van der Waals surface area contributed by atoms with Crippen LogP contribution in [0.1, 0.15) is 24.9 Å². The molecule has 0 aliphatic heterocycles. The van der Waals surface area contributed by atoms with Gasteiger partial charge in [0.2, 0.25) is 5.91 Å². The molecule has 1 rings (SSSR count). The molecule has 20 heavy (non-hydrogen) atoms. The number of hydrogen-bond donors (Lipinski definition) is 2. The van der Waals surface area contributed by atoms with Crippen LogP contribution in [0.5, 0.6) is 0 Å². The van der Waals surface area contributed by atoms with Gasteiger partial charge in [-0.3, -0.25) is 4.79 Å². The van der Waals surface area contributed by atoms with Crippen molar-refractivity contribution >= 4 is 40.9 Å². The number of benzene rings is 1. The number of carbonyl (C=O) groups is 1. The Hall–Kier alpha value is -0.490. The van der Waals surface area contributed by atoms with E-state index in [1.807, 2.05) is 6.26 Å². The van der Waals surface area contributed by atoms with Crippen LogP contribution in [-0.2, 0) is 4.79 Å². The highest BCUT2D eigenvalue weighted by Gasteiger charge is 2.21. The van der Waals surface area contributed by atoms with Gasteiger partial charge < -0.3 is 11.1 Å². The molecule has 3 nitrogen and oxygen atoms in total. The largest absolute Gasteiger partial charge is 0.348 e. The molecular weight excluding hydrogens is 322 g/mol. The van der Waals surface area contributed by atoms with E-state index in [4.69, 9.17) is 28.9 Å². The molecule has 0 aromatic heterocycles. The van der Waals surface area contributed by atoms with Gasteiger partial charge in [0.1, 0.15) is 5.82 Å². The molecule has 0 radical (unpaired) electrons. The SMILES string of the molecule is CSCC[C@H](N)C(=O)NC(C)c1c(Cl)ccc(F)c1Cl. The molecule has 112 valence electrons. The molecule has 0 fully saturated rings. The van der Waals surface area contributed by atoms with E-state index < -0.39 is 17.9 Å². The first kappa shape index (κ1) is 17.6. The Morgan fingerprint density at radius 3 is 2.75 bits per heavy atom. The average molecular weight is 339 g/mol. The summed E-state index contributed by atoms with van der Waals surface area (Å²) in [6.07, 6.45) is 2.52. The van der Waals surface area contributed by atoms with Crippen LogP contribution >= 0.6 is 35.0 Å². The van der Waals surface area contributed by atoms with Gasteiger partial charge in [-0.2, -0.15) is 11.8 Å². The van der Waals surface area contributed by atoms with Crippen molar-refractivity contribution in [2.24, 2.45) is 5.73 Å². The lowest BCUT2D eigenvalue weighted by atomic mass is 10.1. The number of thioether (sulfide) groups is 1. The number of rotatable bonds is 6. The molecule has 2 atom stereocenters.